The molecular weight excluding hydrogens is 244 g/mol. The molecule has 0 aromatic heterocycles. The number of urea groups is 1. The summed E-state index contributed by atoms with van der Waals surface area (Å²) in [7, 11) is 0. The van der Waals surface area contributed by atoms with E-state index in [1.807, 2.05) is 11.8 Å². The summed E-state index contributed by atoms with van der Waals surface area (Å²) in [6.07, 6.45) is 3.91. The van der Waals surface area contributed by atoms with Crippen molar-refractivity contribution in [3.8, 4) is 0 Å². The zero-order valence-corrected chi connectivity index (χ0v) is 11.6. The molecule has 3 amide bonds. The Morgan fingerprint density at radius 1 is 1.53 bits per heavy atom. The fourth-order valence-electron chi connectivity index (χ4n) is 2.11. The maximum absolute atomic E-state index is 11.7. The second kappa shape index (κ2) is 8.66. The molecule has 0 spiro atoms. The normalized spacial score (nSPS) is 18.3. The van der Waals surface area contributed by atoms with E-state index in [-0.39, 0.29) is 12.5 Å². The molecule has 0 aliphatic carbocycles. The van der Waals surface area contributed by atoms with Crippen LogP contribution in [0.2, 0.25) is 0 Å². The zero-order chi connectivity index (χ0) is 14.1. The number of carbonyl (C=O) groups excluding carboxylic acids is 2. The molecule has 108 valence electrons. The van der Waals surface area contributed by atoms with Gasteiger partial charge in [0.05, 0.1) is 6.54 Å². The summed E-state index contributed by atoms with van der Waals surface area (Å²) in [5.74, 6) is -0.276. The lowest BCUT2D eigenvalue weighted by Gasteiger charge is -2.23. The van der Waals surface area contributed by atoms with E-state index in [0.717, 1.165) is 26.1 Å². The van der Waals surface area contributed by atoms with Crippen LogP contribution < -0.4 is 16.0 Å². The summed E-state index contributed by atoms with van der Waals surface area (Å²) in [6, 6.07) is -0.0118. The van der Waals surface area contributed by atoms with Crippen molar-refractivity contribution in [3.05, 3.63) is 12.7 Å². The molecule has 0 radical (unpaired) electrons. The van der Waals surface area contributed by atoms with E-state index in [0.29, 0.717) is 12.6 Å². The predicted octanol–water partition coefficient (Wildman–Crippen LogP) is 0.0721. The van der Waals surface area contributed by atoms with Gasteiger partial charge in [0.1, 0.15) is 0 Å². The number of carbonyl (C=O) groups is 2. The van der Waals surface area contributed by atoms with Crippen LogP contribution in [0, 0.1) is 0 Å². The van der Waals surface area contributed by atoms with Crippen molar-refractivity contribution in [2.24, 2.45) is 0 Å². The van der Waals surface area contributed by atoms with Crippen molar-refractivity contribution in [3.63, 3.8) is 0 Å². The molecule has 1 rings (SSSR count). The van der Waals surface area contributed by atoms with Crippen LogP contribution in [0.3, 0.4) is 0 Å². The van der Waals surface area contributed by atoms with Gasteiger partial charge in [-0.15, -0.1) is 6.58 Å². The quantitative estimate of drug-likeness (QED) is 0.571. The van der Waals surface area contributed by atoms with E-state index >= 15 is 0 Å². The average Bonchev–Trinajstić information content (AvgIpc) is 2.88. The van der Waals surface area contributed by atoms with Gasteiger partial charge in [-0.25, -0.2) is 4.79 Å². The van der Waals surface area contributed by atoms with Crippen molar-refractivity contribution in [2.75, 3.05) is 32.7 Å². The van der Waals surface area contributed by atoms with E-state index in [1.165, 1.54) is 6.42 Å². The van der Waals surface area contributed by atoms with E-state index < -0.39 is 6.03 Å². The van der Waals surface area contributed by atoms with Crippen LogP contribution in [0.5, 0.6) is 0 Å². The van der Waals surface area contributed by atoms with Crippen molar-refractivity contribution < 1.29 is 9.59 Å². The summed E-state index contributed by atoms with van der Waals surface area (Å²) < 4.78 is 0. The largest absolute Gasteiger partial charge is 0.334 e. The molecule has 0 saturated carbocycles. The number of imide groups is 1. The van der Waals surface area contributed by atoms with E-state index in [2.05, 4.69) is 22.5 Å². The van der Waals surface area contributed by atoms with Gasteiger partial charge in [-0.05, 0) is 25.9 Å². The smallest absolute Gasteiger partial charge is 0.321 e. The lowest BCUT2D eigenvalue weighted by molar-refractivity contribution is -0.121. The van der Waals surface area contributed by atoms with Crippen molar-refractivity contribution >= 4 is 11.9 Å². The fraction of sp³-hybridized carbons (Fsp3) is 0.692. The molecule has 19 heavy (non-hydrogen) atoms. The third-order valence-corrected chi connectivity index (χ3v) is 3.12. The number of likely N-dealkylation sites (N-methyl/N-ethyl adjacent to an activating group) is 1. The van der Waals surface area contributed by atoms with Crippen LogP contribution in [-0.4, -0.2) is 55.6 Å². The molecule has 0 aromatic rings. The van der Waals surface area contributed by atoms with Crippen molar-refractivity contribution in [1.29, 1.82) is 0 Å². The molecule has 1 aliphatic rings. The maximum Gasteiger partial charge on any atom is 0.321 e. The van der Waals surface area contributed by atoms with Crippen LogP contribution in [0.1, 0.15) is 19.8 Å². The molecule has 6 heteroatoms. The summed E-state index contributed by atoms with van der Waals surface area (Å²) in [5, 5.41) is 8.21. The lowest BCUT2D eigenvalue weighted by Crippen LogP contribution is -2.46. The number of rotatable bonds is 7. The average molecular weight is 268 g/mol. The Morgan fingerprint density at radius 2 is 2.32 bits per heavy atom. The van der Waals surface area contributed by atoms with E-state index in [1.54, 1.807) is 6.08 Å². The highest BCUT2D eigenvalue weighted by Crippen LogP contribution is 2.06. The van der Waals surface area contributed by atoms with Gasteiger partial charge in [-0.2, -0.15) is 0 Å². The molecular formula is C13H24N4O2. The molecule has 1 atom stereocenters. The van der Waals surface area contributed by atoms with Crippen LogP contribution in [0.15, 0.2) is 12.7 Å². The molecule has 6 nitrogen and oxygen atoms in total. The van der Waals surface area contributed by atoms with Crippen molar-refractivity contribution in [2.45, 2.75) is 25.8 Å². The van der Waals surface area contributed by atoms with Crippen LogP contribution >= 0.6 is 0 Å². The Balaban J connectivity index is 2.27. The van der Waals surface area contributed by atoms with Gasteiger partial charge in [0.15, 0.2) is 0 Å². The SMILES string of the molecule is C=CCNC(=O)NC(=O)CN(CC)CC1CCCN1. The molecule has 0 aromatic carbocycles. The third kappa shape index (κ3) is 6.35. The molecule has 0 bridgehead atoms. The number of nitrogens with one attached hydrogen (secondary N) is 3. The van der Waals surface area contributed by atoms with Crippen LogP contribution in [0.4, 0.5) is 4.79 Å². The van der Waals surface area contributed by atoms with Crippen LogP contribution in [-0.2, 0) is 4.79 Å². The molecule has 1 fully saturated rings. The summed E-state index contributed by atoms with van der Waals surface area (Å²) >= 11 is 0. The molecule has 1 unspecified atom stereocenters. The topological polar surface area (TPSA) is 73.5 Å². The third-order valence-electron chi connectivity index (χ3n) is 3.12. The Bertz CT molecular complexity index is 314. The van der Waals surface area contributed by atoms with Gasteiger partial charge in [0.25, 0.3) is 0 Å². The summed E-state index contributed by atoms with van der Waals surface area (Å²) in [6.45, 7) is 8.79. The van der Waals surface area contributed by atoms with Gasteiger partial charge in [-0.1, -0.05) is 13.0 Å². The minimum absolute atomic E-state index is 0.246. The van der Waals surface area contributed by atoms with Gasteiger partial charge < -0.3 is 10.6 Å². The number of hydrogen-bond acceptors (Lipinski definition) is 4. The maximum atomic E-state index is 11.7. The highest BCUT2D eigenvalue weighted by Gasteiger charge is 2.19. The van der Waals surface area contributed by atoms with Crippen LogP contribution in [0.25, 0.3) is 0 Å². The molecule has 1 heterocycles. The number of hydrogen-bond donors (Lipinski definition) is 3. The Morgan fingerprint density at radius 3 is 2.89 bits per heavy atom. The molecule has 1 saturated heterocycles. The Kier molecular flexibility index (Phi) is 7.14. The predicted molar refractivity (Wildman–Crippen MR) is 74.9 cm³/mol. The number of nitrogens with zero attached hydrogens (tertiary/aromatic N) is 1. The summed E-state index contributed by atoms with van der Waals surface area (Å²) in [4.78, 5) is 25.0. The lowest BCUT2D eigenvalue weighted by atomic mass is 10.2. The molecule has 3 N–H and O–H groups in total. The highest BCUT2D eigenvalue weighted by atomic mass is 16.2. The first-order valence-corrected chi connectivity index (χ1v) is 6.80. The first kappa shape index (κ1) is 15.7. The fourth-order valence-corrected chi connectivity index (χ4v) is 2.11. The van der Waals surface area contributed by atoms with Gasteiger partial charge in [0, 0.05) is 19.1 Å². The zero-order valence-electron chi connectivity index (χ0n) is 11.6. The molecule has 1 aliphatic heterocycles. The van der Waals surface area contributed by atoms with Crippen molar-refractivity contribution in [1.82, 2.24) is 20.9 Å². The highest BCUT2D eigenvalue weighted by molar-refractivity contribution is 5.95. The monoisotopic (exact) mass is 268 g/mol. The Labute approximate surface area is 114 Å². The van der Waals surface area contributed by atoms with Gasteiger partial charge in [-0.3, -0.25) is 15.0 Å². The van der Waals surface area contributed by atoms with Gasteiger partial charge in [0.2, 0.25) is 5.91 Å². The Hall–Kier alpha value is -1.40. The van der Waals surface area contributed by atoms with E-state index in [9.17, 15) is 9.59 Å². The first-order chi connectivity index (χ1) is 9.15. The van der Waals surface area contributed by atoms with Gasteiger partial charge >= 0.3 is 6.03 Å². The van der Waals surface area contributed by atoms with E-state index in [4.69, 9.17) is 0 Å². The number of amides is 3. The standard InChI is InChI=1S/C13H24N4O2/c1-3-7-15-13(19)16-12(18)10-17(4-2)9-11-6-5-8-14-11/h3,11,14H,1,4-10H2,2H3,(H2,15,16,18,19). The summed E-state index contributed by atoms with van der Waals surface area (Å²) in [5.41, 5.74) is 0. The second-order valence-electron chi connectivity index (χ2n) is 4.67. The second-order valence-corrected chi connectivity index (χ2v) is 4.67. The first-order valence-electron chi connectivity index (χ1n) is 6.80. The minimum Gasteiger partial charge on any atom is -0.334 e. The minimum atomic E-state index is -0.472.